The van der Waals surface area contributed by atoms with Gasteiger partial charge >= 0.3 is 0 Å². The first-order valence-electron chi connectivity index (χ1n) is 6.54. The van der Waals surface area contributed by atoms with Crippen molar-refractivity contribution in [2.75, 3.05) is 19.6 Å². The number of likely N-dealkylation sites (N-methyl/N-ethyl adjacent to an activating group) is 1. The smallest absolute Gasteiger partial charge is 0.0644 e. The Bertz CT molecular complexity index is 357. The number of aromatic nitrogens is 2. The Balaban J connectivity index is 3.01. The van der Waals surface area contributed by atoms with Gasteiger partial charge in [0.25, 0.3) is 0 Å². The lowest BCUT2D eigenvalue weighted by molar-refractivity contribution is 0.227. The van der Waals surface area contributed by atoms with Crippen LogP contribution in [0.15, 0.2) is 0 Å². The molecule has 98 valence electrons. The lowest BCUT2D eigenvalue weighted by Gasteiger charge is -2.27. The van der Waals surface area contributed by atoms with Gasteiger partial charge in [-0.05, 0) is 34.2 Å². The molecule has 0 spiro atoms. The van der Waals surface area contributed by atoms with E-state index in [4.69, 9.17) is 5.73 Å². The second kappa shape index (κ2) is 6.17. The normalized spacial score (nSPS) is 13.4. The molecule has 0 fully saturated rings. The Morgan fingerprint density at radius 2 is 2.00 bits per heavy atom. The zero-order valence-corrected chi connectivity index (χ0v) is 11.8. The monoisotopic (exact) mass is 238 g/mol. The predicted molar refractivity (Wildman–Crippen MR) is 72.1 cm³/mol. The van der Waals surface area contributed by atoms with Crippen molar-refractivity contribution in [3.63, 3.8) is 0 Å². The quantitative estimate of drug-likeness (QED) is 0.823. The summed E-state index contributed by atoms with van der Waals surface area (Å²) in [5.74, 6) is 0. The number of nitrogens with zero attached hydrogens (tertiary/aromatic N) is 3. The molecule has 17 heavy (non-hydrogen) atoms. The van der Waals surface area contributed by atoms with Gasteiger partial charge in [-0.1, -0.05) is 6.92 Å². The van der Waals surface area contributed by atoms with E-state index in [1.165, 1.54) is 11.3 Å². The van der Waals surface area contributed by atoms with E-state index in [0.29, 0.717) is 12.6 Å². The van der Waals surface area contributed by atoms with E-state index >= 15 is 0 Å². The van der Waals surface area contributed by atoms with Crippen LogP contribution in [0.4, 0.5) is 0 Å². The van der Waals surface area contributed by atoms with Crippen LogP contribution >= 0.6 is 0 Å². The Morgan fingerprint density at radius 3 is 2.41 bits per heavy atom. The summed E-state index contributed by atoms with van der Waals surface area (Å²) in [4.78, 5) is 2.40. The fourth-order valence-corrected chi connectivity index (χ4v) is 2.60. The van der Waals surface area contributed by atoms with Gasteiger partial charge in [-0.25, -0.2) is 0 Å². The highest BCUT2D eigenvalue weighted by Crippen LogP contribution is 2.26. The first-order valence-corrected chi connectivity index (χ1v) is 6.54. The van der Waals surface area contributed by atoms with E-state index < -0.39 is 0 Å². The van der Waals surface area contributed by atoms with Gasteiger partial charge in [-0.2, -0.15) is 5.10 Å². The van der Waals surface area contributed by atoms with Gasteiger partial charge in [0.1, 0.15) is 0 Å². The van der Waals surface area contributed by atoms with Gasteiger partial charge in [0, 0.05) is 36.9 Å². The minimum atomic E-state index is 0.392. The Labute approximate surface area is 105 Å². The maximum absolute atomic E-state index is 5.67. The molecule has 0 aliphatic carbocycles. The third kappa shape index (κ3) is 2.87. The van der Waals surface area contributed by atoms with Crippen molar-refractivity contribution in [3.8, 4) is 0 Å². The fourth-order valence-electron chi connectivity index (χ4n) is 2.60. The van der Waals surface area contributed by atoms with E-state index in [9.17, 15) is 0 Å². The lowest BCUT2D eigenvalue weighted by atomic mass is 10.0. The molecule has 1 aromatic rings. The summed E-state index contributed by atoms with van der Waals surface area (Å²) in [5, 5.41) is 4.59. The van der Waals surface area contributed by atoms with E-state index in [2.05, 4.69) is 49.3 Å². The second-order valence-electron chi connectivity index (χ2n) is 4.49. The Kier molecular flexibility index (Phi) is 5.15. The van der Waals surface area contributed by atoms with Crippen molar-refractivity contribution in [1.82, 2.24) is 14.7 Å². The van der Waals surface area contributed by atoms with E-state index in [1.54, 1.807) is 0 Å². The van der Waals surface area contributed by atoms with Crippen LogP contribution in [0.25, 0.3) is 0 Å². The molecule has 2 N–H and O–H groups in total. The van der Waals surface area contributed by atoms with Gasteiger partial charge < -0.3 is 5.73 Å². The molecule has 0 saturated heterocycles. The maximum Gasteiger partial charge on any atom is 0.0644 e. The third-order valence-electron chi connectivity index (χ3n) is 3.52. The summed E-state index contributed by atoms with van der Waals surface area (Å²) in [6, 6.07) is 0.392. The molecule has 0 amide bonds. The molecule has 0 bridgehead atoms. The SMILES string of the molecule is CCN(CCN)C(C)c1c(C)nn(CC)c1C. The molecule has 1 rings (SSSR count). The summed E-state index contributed by atoms with van der Waals surface area (Å²) >= 11 is 0. The highest BCUT2D eigenvalue weighted by Gasteiger charge is 2.21. The summed E-state index contributed by atoms with van der Waals surface area (Å²) in [5.41, 5.74) is 9.46. The van der Waals surface area contributed by atoms with Crippen molar-refractivity contribution in [1.29, 1.82) is 0 Å². The molecule has 0 radical (unpaired) electrons. The molecule has 1 heterocycles. The van der Waals surface area contributed by atoms with Crippen LogP contribution in [0.3, 0.4) is 0 Å². The van der Waals surface area contributed by atoms with E-state index in [1.807, 2.05) is 0 Å². The first-order chi connectivity index (χ1) is 8.06. The first kappa shape index (κ1) is 14.2. The number of aryl methyl sites for hydroxylation is 2. The van der Waals surface area contributed by atoms with Crippen molar-refractivity contribution in [2.45, 2.75) is 47.2 Å². The minimum absolute atomic E-state index is 0.392. The number of hydrogen-bond donors (Lipinski definition) is 1. The topological polar surface area (TPSA) is 47.1 Å². The van der Waals surface area contributed by atoms with Crippen LogP contribution < -0.4 is 5.73 Å². The second-order valence-corrected chi connectivity index (χ2v) is 4.49. The van der Waals surface area contributed by atoms with E-state index in [-0.39, 0.29) is 0 Å². The van der Waals surface area contributed by atoms with Crippen LogP contribution in [-0.4, -0.2) is 34.3 Å². The Morgan fingerprint density at radius 1 is 1.35 bits per heavy atom. The molecular weight excluding hydrogens is 212 g/mol. The van der Waals surface area contributed by atoms with Crippen LogP contribution in [0, 0.1) is 13.8 Å². The van der Waals surface area contributed by atoms with Crippen LogP contribution in [-0.2, 0) is 6.54 Å². The molecule has 4 nitrogen and oxygen atoms in total. The summed E-state index contributed by atoms with van der Waals surface area (Å²) in [6.45, 7) is 14.4. The largest absolute Gasteiger partial charge is 0.329 e. The average molecular weight is 238 g/mol. The van der Waals surface area contributed by atoms with Crippen LogP contribution in [0.5, 0.6) is 0 Å². The number of nitrogens with two attached hydrogens (primary N) is 1. The Hall–Kier alpha value is -0.870. The molecular formula is C13H26N4. The highest BCUT2D eigenvalue weighted by atomic mass is 15.3. The standard InChI is InChI=1S/C13H26N4/c1-6-16(9-8-14)11(4)13-10(3)15-17(7-2)12(13)5/h11H,6-9,14H2,1-5H3. The molecule has 4 heteroatoms. The zero-order chi connectivity index (χ0) is 13.0. The summed E-state index contributed by atoms with van der Waals surface area (Å²) in [7, 11) is 0. The van der Waals surface area contributed by atoms with Crippen LogP contribution in [0.1, 0.15) is 43.8 Å². The highest BCUT2D eigenvalue weighted by molar-refractivity contribution is 5.27. The summed E-state index contributed by atoms with van der Waals surface area (Å²) < 4.78 is 2.08. The van der Waals surface area contributed by atoms with E-state index in [0.717, 1.165) is 25.3 Å². The molecule has 0 aromatic carbocycles. The van der Waals surface area contributed by atoms with Gasteiger partial charge in [0.05, 0.1) is 5.69 Å². The number of hydrogen-bond acceptors (Lipinski definition) is 3. The van der Waals surface area contributed by atoms with Crippen molar-refractivity contribution in [3.05, 3.63) is 17.0 Å². The number of rotatable bonds is 6. The molecule has 1 atom stereocenters. The average Bonchev–Trinajstić information content (AvgIpc) is 2.60. The predicted octanol–water partition coefficient (Wildman–Crippen LogP) is 1.86. The molecule has 0 saturated carbocycles. The van der Waals surface area contributed by atoms with Crippen molar-refractivity contribution in [2.24, 2.45) is 5.73 Å². The minimum Gasteiger partial charge on any atom is -0.329 e. The van der Waals surface area contributed by atoms with Crippen LogP contribution in [0.2, 0.25) is 0 Å². The maximum atomic E-state index is 5.67. The van der Waals surface area contributed by atoms with Crippen molar-refractivity contribution < 1.29 is 0 Å². The van der Waals surface area contributed by atoms with Gasteiger partial charge in [0.15, 0.2) is 0 Å². The lowest BCUT2D eigenvalue weighted by Crippen LogP contribution is -2.32. The van der Waals surface area contributed by atoms with Gasteiger partial charge in [0.2, 0.25) is 0 Å². The van der Waals surface area contributed by atoms with Gasteiger partial charge in [-0.3, -0.25) is 9.58 Å². The summed E-state index contributed by atoms with van der Waals surface area (Å²) in [6.07, 6.45) is 0. The molecule has 1 aromatic heterocycles. The third-order valence-corrected chi connectivity index (χ3v) is 3.52. The molecule has 0 aliphatic heterocycles. The van der Waals surface area contributed by atoms with Crippen molar-refractivity contribution >= 4 is 0 Å². The fraction of sp³-hybridized carbons (Fsp3) is 0.769. The molecule has 1 unspecified atom stereocenters. The van der Waals surface area contributed by atoms with Gasteiger partial charge in [-0.15, -0.1) is 0 Å². The zero-order valence-electron chi connectivity index (χ0n) is 11.8. The molecule has 0 aliphatic rings.